The fourth-order valence-electron chi connectivity index (χ4n) is 3.26. The molecule has 0 unspecified atom stereocenters. The molecular weight excluding hydrogens is 279 g/mol. The van der Waals surface area contributed by atoms with Gasteiger partial charge in [0.05, 0.1) is 17.9 Å². The highest BCUT2D eigenvalue weighted by atomic mass is 19.1. The molecule has 2 fully saturated rings. The maximum Gasteiger partial charge on any atom is 0.123 e. The summed E-state index contributed by atoms with van der Waals surface area (Å²) in [6, 6.07) is 8.02. The third-order valence-electron chi connectivity index (χ3n) is 5.06. The average Bonchev–Trinajstić information content (AvgIpc) is 2.85. The topological polar surface area (TPSA) is 42.7 Å². The summed E-state index contributed by atoms with van der Waals surface area (Å²) >= 11 is 0. The van der Waals surface area contributed by atoms with Crippen molar-refractivity contribution < 1.29 is 4.39 Å². The predicted octanol–water partition coefficient (Wildman–Crippen LogP) is 3.18. The van der Waals surface area contributed by atoms with Gasteiger partial charge in [-0.05, 0) is 55.7 Å². The summed E-state index contributed by atoms with van der Waals surface area (Å²) < 4.78 is 14.9. The lowest BCUT2D eigenvalue weighted by Crippen LogP contribution is -2.39. The van der Waals surface area contributed by atoms with Crippen LogP contribution in [0, 0.1) is 5.82 Å². The van der Waals surface area contributed by atoms with Gasteiger partial charge in [-0.25, -0.2) is 9.07 Å². The number of aromatic nitrogens is 3. The fraction of sp³-hybridized carbons (Fsp3) is 0.529. The summed E-state index contributed by atoms with van der Waals surface area (Å²) in [6.45, 7) is 0.785. The highest BCUT2D eigenvalue weighted by Gasteiger charge is 2.30. The van der Waals surface area contributed by atoms with Gasteiger partial charge in [-0.2, -0.15) is 0 Å². The van der Waals surface area contributed by atoms with E-state index in [2.05, 4.69) is 21.8 Å². The third kappa shape index (κ3) is 2.77. The molecule has 1 aromatic carbocycles. The second-order valence-electron chi connectivity index (χ2n) is 6.57. The zero-order valence-electron chi connectivity index (χ0n) is 12.6. The lowest BCUT2D eigenvalue weighted by atomic mass is 9.76. The van der Waals surface area contributed by atoms with Gasteiger partial charge in [0.2, 0.25) is 0 Å². The highest BCUT2D eigenvalue weighted by molar-refractivity contribution is 5.23. The van der Waals surface area contributed by atoms with Gasteiger partial charge >= 0.3 is 0 Å². The lowest BCUT2D eigenvalue weighted by Gasteiger charge is -2.36. The van der Waals surface area contributed by atoms with E-state index in [-0.39, 0.29) is 5.82 Å². The summed E-state index contributed by atoms with van der Waals surface area (Å²) in [5.41, 5.74) is 2.27. The number of halogens is 1. The third-order valence-corrected chi connectivity index (χ3v) is 5.06. The molecule has 0 amide bonds. The van der Waals surface area contributed by atoms with E-state index >= 15 is 0 Å². The van der Waals surface area contributed by atoms with Crippen molar-refractivity contribution in [1.82, 2.24) is 20.3 Å². The van der Waals surface area contributed by atoms with Crippen LogP contribution in [0.5, 0.6) is 0 Å². The average molecular weight is 300 g/mol. The van der Waals surface area contributed by atoms with Crippen LogP contribution in [-0.4, -0.2) is 21.0 Å². The van der Waals surface area contributed by atoms with Crippen LogP contribution in [-0.2, 0) is 6.54 Å². The van der Waals surface area contributed by atoms with Crippen LogP contribution in [0.3, 0.4) is 0 Å². The molecule has 2 aromatic rings. The van der Waals surface area contributed by atoms with Crippen LogP contribution in [0.25, 0.3) is 0 Å². The minimum atomic E-state index is -0.160. The van der Waals surface area contributed by atoms with Crippen molar-refractivity contribution in [2.75, 3.05) is 0 Å². The Labute approximate surface area is 129 Å². The number of hydrogen-bond donors (Lipinski definition) is 1. The van der Waals surface area contributed by atoms with E-state index in [1.54, 1.807) is 12.1 Å². The molecule has 0 radical (unpaired) electrons. The summed E-state index contributed by atoms with van der Waals surface area (Å²) in [6.07, 6.45) is 8.08. The van der Waals surface area contributed by atoms with Crippen LogP contribution in [0.2, 0.25) is 0 Å². The summed E-state index contributed by atoms with van der Waals surface area (Å²) in [4.78, 5) is 0. The maximum atomic E-state index is 12.9. The van der Waals surface area contributed by atoms with E-state index in [1.807, 2.05) is 16.8 Å². The van der Waals surface area contributed by atoms with Crippen LogP contribution in [0.4, 0.5) is 4.39 Å². The van der Waals surface area contributed by atoms with Crippen LogP contribution in [0.15, 0.2) is 30.5 Å². The van der Waals surface area contributed by atoms with Gasteiger partial charge in [0, 0.05) is 12.6 Å². The lowest BCUT2D eigenvalue weighted by molar-refractivity contribution is 0.284. The molecule has 1 N–H and O–H groups in total. The largest absolute Gasteiger partial charge is 0.308 e. The van der Waals surface area contributed by atoms with Crippen molar-refractivity contribution in [2.45, 2.75) is 56.7 Å². The Hall–Kier alpha value is -1.75. The Balaban J connectivity index is 1.24. The Morgan fingerprint density at radius 1 is 1.18 bits per heavy atom. The minimum absolute atomic E-state index is 0.160. The Bertz CT molecular complexity index is 626. The number of nitrogens with zero attached hydrogens (tertiary/aromatic N) is 3. The zero-order chi connectivity index (χ0) is 14.9. The molecule has 0 bridgehead atoms. The molecular formula is C17H21FN4. The van der Waals surface area contributed by atoms with E-state index in [1.165, 1.54) is 24.8 Å². The molecule has 1 aromatic heterocycles. The van der Waals surface area contributed by atoms with Gasteiger partial charge in [0.25, 0.3) is 0 Å². The van der Waals surface area contributed by atoms with Crippen molar-refractivity contribution >= 4 is 0 Å². The first-order chi connectivity index (χ1) is 10.8. The molecule has 2 aliphatic rings. The van der Waals surface area contributed by atoms with Gasteiger partial charge < -0.3 is 5.32 Å². The predicted molar refractivity (Wildman–Crippen MR) is 81.9 cm³/mol. The number of hydrogen-bond acceptors (Lipinski definition) is 3. The van der Waals surface area contributed by atoms with Crippen molar-refractivity contribution in [2.24, 2.45) is 0 Å². The molecule has 5 heteroatoms. The van der Waals surface area contributed by atoms with Crippen LogP contribution in [0.1, 0.15) is 55.3 Å². The molecule has 2 saturated carbocycles. The zero-order valence-corrected chi connectivity index (χ0v) is 12.6. The van der Waals surface area contributed by atoms with Gasteiger partial charge in [-0.15, -0.1) is 5.10 Å². The molecule has 4 rings (SSSR count). The molecule has 1 heterocycles. The molecule has 22 heavy (non-hydrogen) atoms. The SMILES string of the molecule is Fc1ccc(C2CC(NCc3cn(C4CCC4)nn3)C2)cc1. The van der Waals surface area contributed by atoms with Gasteiger partial charge in [0.1, 0.15) is 5.82 Å². The van der Waals surface area contributed by atoms with Crippen LogP contribution >= 0.6 is 0 Å². The van der Waals surface area contributed by atoms with Gasteiger partial charge in [0.15, 0.2) is 0 Å². The van der Waals surface area contributed by atoms with E-state index in [4.69, 9.17) is 0 Å². The van der Waals surface area contributed by atoms with Crippen molar-refractivity contribution in [3.05, 3.63) is 47.5 Å². The van der Waals surface area contributed by atoms with E-state index in [0.717, 1.165) is 25.1 Å². The quantitative estimate of drug-likeness (QED) is 0.922. The minimum Gasteiger partial charge on any atom is -0.308 e. The van der Waals surface area contributed by atoms with Crippen molar-refractivity contribution in [3.8, 4) is 0 Å². The summed E-state index contributed by atoms with van der Waals surface area (Å²) in [5, 5.41) is 12.0. The summed E-state index contributed by atoms with van der Waals surface area (Å²) in [5.74, 6) is 0.399. The summed E-state index contributed by atoms with van der Waals surface area (Å²) in [7, 11) is 0. The normalized spacial score (nSPS) is 24.8. The molecule has 2 aliphatic carbocycles. The second kappa shape index (κ2) is 5.80. The Morgan fingerprint density at radius 2 is 1.95 bits per heavy atom. The Kier molecular flexibility index (Phi) is 3.66. The van der Waals surface area contributed by atoms with Gasteiger partial charge in [-0.3, -0.25) is 0 Å². The smallest absolute Gasteiger partial charge is 0.123 e. The molecule has 116 valence electrons. The van der Waals surface area contributed by atoms with E-state index in [9.17, 15) is 4.39 Å². The number of nitrogens with one attached hydrogen (secondary N) is 1. The first kappa shape index (κ1) is 13.9. The monoisotopic (exact) mass is 300 g/mol. The van der Waals surface area contributed by atoms with E-state index < -0.39 is 0 Å². The fourth-order valence-corrected chi connectivity index (χ4v) is 3.26. The molecule has 0 aliphatic heterocycles. The molecule has 4 nitrogen and oxygen atoms in total. The van der Waals surface area contributed by atoms with Crippen molar-refractivity contribution in [3.63, 3.8) is 0 Å². The molecule has 0 atom stereocenters. The number of rotatable bonds is 5. The maximum absolute atomic E-state index is 12.9. The van der Waals surface area contributed by atoms with E-state index in [0.29, 0.717) is 18.0 Å². The Morgan fingerprint density at radius 3 is 2.64 bits per heavy atom. The molecule has 0 spiro atoms. The molecule has 0 saturated heterocycles. The highest BCUT2D eigenvalue weighted by Crippen LogP contribution is 2.37. The van der Waals surface area contributed by atoms with Gasteiger partial charge in [-0.1, -0.05) is 17.3 Å². The first-order valence-corrected chi connectivity index (χ1v) is 8.17. The number of benzene rings is 1. The second-order valence-corrected chi connectivity index (χ2v) is 6.57. The van der Waals surface area contributed by atoms with Crippen molar-refractivity contribution in [1.29, 1.82) is 0 Å². The standard InChI is InChI=1S/C17H21FN4/c18-14-6-4-12(5-7-14)13-8-15(9-13)19-10-16-11-22(21-20-16)17-2-1-3-17/h4-7,11,13,15,17,19H,1-3,8-10H2. The first-order valence-electron chi connectivity index (χ1n) is 8.17. The van der Waals surface area contributed by atoms with Crippen LogP contribution < -0.4 is 5.32 Å².